The molecule has 0 aliphatic carbocycles. The second-order valence-electron chi connectivity index (χ2n) is 4.87. The Hall–Kier alpha value is -1.94. The SMILES string of the molecule is C=CCCO[Si](OCC=C)(c1ccccc1)c1ccccc1. The molecule has 2 nitrogen and oxygen atoms in total. The van der Waals surface area contributed by atoms with Crippen molar-refractivity contribution in [1.82, 2.24) is 0 Å². The second kappa shape index (κ2) is 8.49. The van der Waals surface area contributed by atoms with E-state index in [1.54, 1.807) is 6.08 Å². The predicted octanol–water partition coefficient (Wildman–Crippen LogP) is 3.04. The van der Waals surface area contributed by atoms with Crippen LogP contribution in [0.5, 0.6) is 0 Å². The van der Waals surface area contributed by atoms with Crippen LogP contribution in [0.3, 0.4) is 0 Å². The van der Waals surface area contributed by atoms with E-state index in [1.165, 1.54) is 0 Å². The molecule has 2 aromatic carbocycles. The number of hydrogen-bond donors (Lipinski definition) is 0. The van der Waals surface area contributed by atoms with E-state index in [0.717, 1.165) is 16.8 Å². The van der Waals surface area contributed by atoms with Crippen LogP contribution in [0.2, 0.25) is 0 Å². The van der Waals surface area contributed by atoms with Crippen molar-refractivity contribution in [2.24, 2.45) is 0 Å². The molecule has 0 N–H and O–H groups in total. The molecule has 3 heteroatoms. The summed E-state index contributed by atoms with van der Waals surface area (Å²) in [7, 11) is -2.72. The highest BCUT2D eigenvalue weighted by Crippen LogP contribution is 2.11. The summed E-state index contributed by atoms with van der Waals surface area (Å²) in [6.45, 7) is 8.60. The van der Waals surface area contributed by atoms with Crippen LogP contribution in [0.25, 0.3) is 0 Å². The summed E-state index contributed by atoms with van der Waals surface area (Å²) >= 11 is 0. The lowest BCUT2D eigenvalue weighted by molar-refractivity contribution is 0.211. The van der Waals surface area contributed by atoms with Crippen molar-refractivity contribution in [3.63, 3.8) is 0 Å². The van der Waals surface area contributed by atoms with E-state index < -0.39 is 8.56 Å². The van der Waals surface area contributed by atoms with Crippen molar-refractivity contribution in [3.8, 4) is 0 Å². The summed E-state index contributed by atoms with van der Waals surface area (Å²) in [6, 6.07) is 20.4. The summed E-state index contributed by atoms with van der Waals surface area (Å²) in [6.07, 6.45) is 4.43. The van der Waals surface area contributed by atoms with Crippen molar-refractivity contribution in [3.05, 3.63) is 86.0 Å². The van der Waals surface area contributed by atoms with Gasteiger partial charge in [-0.3, -0.25) is 0 Å². The molecule has 0 spiro atoms. The Labute approximate surface area is 134 Å². The largest absolute Gasteiger partial charge is 0.407 e. The third-order valence-corrected chi connectivity index (χ3v) is 6.71. The highest BCUT2D eigenvalue weighted by molar-refractivity contribution is 6.92. The van der Waals surface area contributed by atoms with Gasteiger partial charge in [0.05, 0.1) is 6.61 Å². The monoisotopic (exact) mass is 310 g/mol. The number of rotatable bonds is 9. The van der Waals surface area contributed by atoms with Crippen molar-refractivity contribution in [1.29, 1.82) is 0 Å². The van der Waals surface area contributed by atoms with Crippen LogP contribution in [-0.4, -0.2) is 21.8 Å². The van der Waals surface area contributed by atoms with Crippen molar-refractivity contribution in [2.45, 2.75) is 6.42 Å². The van der Waals surface area contributed by atoms with Gasteiger partial charge in [0.25, 0.3) is 0 Å². The maximum absolute atomic E-state index is 6.34. The summed E-state index contributed by atoms with van der Waals surface area (Å²) in [5.41, 5.74) is 0. The van der Waals surface area contributed by atoms with Gasteiger partial charge in [0, 0.05) is 6.61 Å². The fraction of sp³-hybridized carbons (Fsp3) is 0.158. The molecule has 0 saturated carbocycles. The second-order valence-corrected chi connectivity index (χ2v) is 7.84. The average Bonchev–Trinajstić information content (AvgIpc) is 2.60. The van der Waals surface area contributed by atoms with E-state index in [9.17, 15) is 0 Å². The molecule has 0 fully saturated rings. The number of hydrogen-bond acceptors (Lipinski definition) is 2. The average molecular weight is 310 g/mol. The molecule has 114 valence electrons. The molecule has 0 aliphatic heterocycles. The maximum Gasteiger partial charge on any atom is 0.407 e. The van der Waals surface area contributed by atoms with Crippen molar-refractivity contribution >= 4 is 18.9 Å². The quantitative estimate of drug-likeness (QED) is 0.403. The molecule has 0 radical (unpaired) electrons. The lowest BCUT2D eigenvalue weighted by Crippen LogP contribution is -2.63. The zero-order valence-electron chi connectivity index (χ0n) is 12.8. The zero-order chi connectivity index (χ0) is 15.7. The van der Waals surface area contributed by atoms with Crippen LogP contribution in [-0.2, 0) is 8.85 Å². The Bertz CT molecular complexity index is 541. The first-order valence-electron chi connectivity index (χ1n) is 7.44. The summed E-state index contributed by atoms with van der Waals surface area (Å²) < 4.78 is 12.6. The van der Waals surface area contributed by atoms with E-state index in [2.05, 4.69) is 37.4 Å². The Morgan fingerprint density at radius 2 is 1.32 bits per heavy atom. The van der Waals surface area contributed by atoms with Crippen LogP contribution in [0.1, 0.15) is 6.42 Å². The molecule has 0 atom stereocenters. The van der Waals surface area contributed by atoms with Crippen LogP contribution in [0.15, 0.2) is 86.0 Å². The normalized spacial score (nSPS) is 11.1. The number of benzene rings is 2. The van der Waals surface area contributed by atoms with Gasteiger partial charge in [-0.25, -0.2) is 0 Å². The minimum atomic E-state index is -2.72. The van der Waals surface area contributed by atoms with Crippen LogP contribution < -0.4 is 10.4 Å². The summed E-state index contributed by atoms with van der Waals surface area (Å²) in [4.78, 5) is 0. The van der Waals surface area contributed by atoms with Gasteiger partial charge in [-0.2, -0.15) is 0 Å². The lowest BCUT2D eigenvalue weighted by Gasteiger charge is -2.31. The molecule has 22 heavy (non-hydrogen) atoms. The highest BCUT2D eigenvalue weighted by atomic mass is 28.4. The van der Waals surface area contributed by atoms with Gasteiger partial charge in [-0.1, -0.05) is 72.8 Å². The fourth-order valence-electron chi connectivity index (χ4n) is 2.32. The van der Waals surface area contributed by atoms with Gasteiger partial charge >= 0.3 is 8.56 Å². The van der Waals surface area contributed by atoms with Crippen molar-refractivity contribution < 1.29 is 8.85 Å². The fourth-order valence-corrected chi connectivity index (χ4v) is 5.42. The first-order chi connectivity index (χ1) is 10.8. The van der Waals surface area contributed by atoms with Gasteiger partial charge in [-0.15, -0.1) is 13.2 Å². The molecule has 0 saturated heterocycles. The zero-order valence-corrected chi connectivity index (χ0v) is 13.8. The molecule has 0 aliphatic rings. The highest BCUT2D eigenvalue weighted by Gasteiger charge is 2.42. The van der Waals surface area contributed by atoms with Crippen LogP contribution >= 0.6 is 0 Å². The van der Waals surface area contributed by atoms with Gasteiger partial charge in [0.15, 0.2) is 0 Å². The third-order valence-electron chi connectivity index (χ3n) is 3.34. The Balaban J connectivity index is 2.47. The molecule has 0 bridgehead atoms. The van der Waals surface area contributed by atoms with E-state index in [4.69, 9.17) is 8.85 Å². The van der Waals surface area contributed by atoms with E-state index >= 15 is 0 Å². The van der Waals surface area contributed by atoms with E-state index in [1.807, 2.05) is 42.5 Å². The molecule has 2 rings (SSSR count). The Kier molecular flexibility index (Phi) is 6.34. The van der Waals surface area contributed by atoms with E-state index in [-0.39, 0.29) is 0 Å². The summed E-state index contributed by atoms with van der Waals surface area (Å²) in [5, 5.41) is 2.21. The molecule has 0 amide bonds. The molecular weight excluding hydrogens is 288 g/mol. The Morgan fingerprint density at radius 1 is 0.773 bits per heavy atom. The molecular formula is C19H22O2Si. The lowest BCUT2D eigenvalue weighted by atomic mass is 10.4. The standard InChI is InChI=1S/C19H22O2Si/c1-3-5-17-21-22(20-16-4-2,18-12-8-6-9-13-18)19-14-10-7-11-15-19/h3-4,6-15H,1-2,5,16-17H2. The first-order valence-corrected chi connectivity index (χ1v) is 9.26. The third kappa shape index (κ3) is 3.83. The maximum atomic E-state index is 6.34. The summed E-state index contributed by atoms with van der Waals surface area (Å²) in [5.74, 6) is 0. The molecule has 0 aromatic heterocycles. The Morgan fingerprint density at radius 3 is 1.77 bits per heavy atom. The van der Waals surface area contributed by atoms with Crippen LogP contribution in [0, 0.1) is 0 Å². The van der Waals surface area contributed by atoms with Gasteiger partial charge in [0.2, 0.25) is 0 Å². The van der Waals surface area contributed by atoms with Gasteiger partial charge < -0.3 is 8.85 Å². The smallest absolute Gasteiger partial charge is 0.387 e. The first kappa shape index (κ1) is 16.4. The van der Waals surface area contributed by atoms with Crippen LogP contribution in [0.4, 0.5) is 0 Å². The minimum Gasteiger partial charge on any atom is -0.387 e. The van der Waals surface area contributed by atoms with E-state index in [0.29, 0.717) is 13.2 Å². The molecule has 0 heterocycles. The van der Waals surface area contributed by atoms with Gasteiger partial charge in [-0.05, 0) is 16.8 Å². The van der Waals surface area contributed by atoms with Crippen molar-refractivity contribution in [2.75, 3.05) is 13.2 Å². The molecule has 2 aromatic rings. The topological polar surface area (TPSA) is 18.5 Å². The minimum absolute atomic E-state index is 0.462. The molecule has 0 unspecified atom stereocenters. The van der Waals surface area contributed by atoms with Gasteiger partial charge in [0.1, 0.15) is 0 Å². The predicted molar refractivity (Wildman–Crippen MR) is 94.8 cm³/mol.